The van der Waals surface area contributed by atoms with E-state index in [9.17, 15) is 15.2 Å². The summed E-state index contributed by atoms with van der Waals surface area (Å²) in [5.41, 5.74) is 1.84. The molecule has 1 unspecified atom stereocenters. The summed E-state index contributed by atoms with van der Waals surface area (Å²) in [7, 11) is 0. The van der Waals surface area contributed by atoms with Gasteiger partial charge in [0.1, 0.15) is 23.3 Å². The smallest absolute Gasteiger partial charge is 0.313 e. The molecule has 0 saturated heterocycles. The zero-order valence-corrected chi connectivity index (χ0v) is 15.4. The second-order valence-corrected chi connectivity index (χ2v) is 6.54. The van der Waals surface area contributed by atoms with Gasteiger partial charge in [-0.25, -0.2) is 9.50 Å². The number of para-hydroxylation sites is 1. The van der Waals surface area contributed by atoms with E-state index in [2.05, 4.69) is 21.5 Å². The molecule has 28 heavy (non-hydrogen) atoms. The molecule has 1 aromatic carbocycles. The molecule has 140 valence electrons. The molecule has 0 amide bonds. The van der Waals surface area contributed by atoms with Crippen LogP contribution in [-0.2, 0) is 4.79 Å². The summed E-state index contributed by atoms with van der Waals surface area (Å²) in [6, 6.07) is 12.5. The van der Waals surface area contributed by atoms with Gasteiger partial charge in [0.25, 0.3) is 0 Å². The van der Waals surface area contributed by atoms with E-state index in [-0.39, 0.29) is 0 Å². The summed E-state index contributed by atoms with van der Waals surface area (Å²) in [6.45, 7) is 1.54. The normalized spacial score (nSPS) is 12.0. The van der Waals surface area contributed by atoms with Crippen LogP contribution in [-0.4, -0.2) is 25.7 Å². The third-order valence-electron chi connectivity index (χ3n) is 4.36. The maximum absolute atomic E-state index is 11.2. The van der Waals surface area contributed by atoms with Crippen LogP contribution in [0.15, 0.2) is 47.0 Å². The molecular weight excluding hydrogens is 382 g/mol. The van der Waals surface area contributed by atoms with Gasteiger partial charge in [0.15, 0.2) is 22.9 Å². The Morgan fingerprint density at radius 3 is 2.89 bits per heavy atom. The van der Waals surface area contributed by atoms with E-state index in [0.29, 0.717) is 45.0 Å². The second kappa shape index (κ2) is 6.79. The number of anilines is 2. The van der Waals surface area contributed by atoms with Gasteiger partial charge in [-0.05, 0) is 31.2 Å². The number of nitrogens with zero attached hydrogens (tertiary/aromatic N) is 3. The van der Waals surface area contributed by atoms with E-state index < -0.39 is 11.9 Å². The highest BCUT2D eigenvalue weighted by Crippen LogP contribution is 2.35. The Kier molecular flexibility index (Phi) is 4.29. The van der Waals surface area contributed by atoms with E-state index in [4.69, 9.17) is 16.0 Å². The number of aromatic amines is 1. The Hall–Kier alpha value is -3.70. The number of carboxylic acid groups (broad SMARTS) is 1. The van der Waals surface area contributed by atoms with Crippen molar-refractivity contribution in [2.45, 2.75) is 12.8 Å². The molecule has 0 bridgehead atoms. The highest BCUT2D eigenvalue weighted by Gasteiger charge is 2.23. The Morgan fingerprint density at radius 1 is 1.39 bits per heavy atom. The van der Waals surface area contributed by atoms with Crippen molar-refractivity contribution in [1.82, 2.24) is 14.6 Å². The van der Waals surface area contributed by atoms with Crippen molar-refractivity contribution < 1.29 is 14.3 Å². The van der Waals surface area contributed by atoms with Crippen molar-refractivity contribution in [2.75, 3.05) is 5.32 Å². The van der Waals surface area contributed by atoms with E-state index in [1.165, 1.54) is 0 Å². The average Bonchev–Trinajstić information content (AvgIpc) is 3.38. The number of H-pyrrole nitrogens is 1. The van der Waals surface area contributed by atoms with Gasteiger partial charge in [0, 0.05) is 6.20 Å². The predicted octanol–water partition coefficient (Wildman–Crippen LogP) is 4.38. The van der Waals surface area contributed by atoms with Crippen LogP contribution in [0.2, 0.25) is 5.02 Å². The van der Waals surface area contributed by atoms with Crippen molar-refractivity contribution in [3.63, 3.8) is 0 Å². The zero-order chi connectivity index (χ0) is 19.8. The fourth-order valence-electron chi connectivity index (χ4n) is 2.81. The number of halogens is 1. The average molecular weight is 396 g/mol. The summed E-state index contributed by atoms with van der Waals surface area (Å²) < 4.78 is 7.36. The van der Waals surface area contributed by atoms with Gasteiger partial charge in [-0.1, -0.05) is 23.7 Å². The molecule has 0 aliphatic carbocycles. The Labute approximate surface area is 164 Å². The van der Waals surface area contributed by atoms with Gasteiger partial charge < -0.3 is 14.8 Å². The molecule has 3 N–H and O–H groups in total. The van der Waals surface area contributed by atoms with Crippen molar-refractivity contribution in [1.29, 1.82) is 5.26 Å². The number of furan rings is 1. The predicted molar refractivity (Wildman–Crippen MR) is 103 cm³/mol. The number of carboxylic acids is 1. The summed E-state index contributed by atoms with van der Waals surface area (Å²) in [5, 5.41) is 25.2. The first kappa shape index (κ1) is 17.7. The molecule has 0 aliphatic rings. The lowest BCUT2D eigenvalue weighted by Gasteiger charge is -2.08. The first-order chi connectivity index (χ1) is 13.5. The van der Waals surface area contributed by atoms with E-state index in [1.54, 1.807) is 41.9 Å². The lowest BCUT2D eigenvalue weighted by molar-refractivity contribution is -0.138. The SMILES string of the molecule is CC(C(=O)O)c1ccc(-c2nc3c(C#N)c[nH]n3c2Nc2ccccc2Cl)o1. The highest BCUT2D eigenvalue weighted by molar-refractivity contribution is 6.33. The van der Waals surface area contributed by atoms with Crippen LogP contribution in [0.5, 0.6) is 0 Å². The van der Waals surface area contributed by atoms with E-state index in [1.807, 2.05) is 12.1 Å². The minimum Gasteiger partial charge on any atom is -0.481 e. The number of hydrogen-bond acceptors (Lipinski definition) is 5. The zero-order valence-electron chi connectivity index (χ0n) is 14.6. The maximum Gasteiger partial charge on any atom is 0.313 e. The monoisotopic (exact) mass is 395 g/mol. The first-order valence-electron chi connectivity index (χ1n) is 8.34. The molecule has 0 spiro atoms. The van der Waals surface area contributed by atoms with Crippen molar-refractivity contribution in [3.8, 4) is 17.5 Å². The van der Waals surface area contributed by atoms with Gasteiger partial charge in [0.2, 0.25) is 0 Å². The minimum absolute atomic E-state index is 0.309. The Bertz CT molecular complexity index is 1230. The molecule has 0 saturated carbocycles. The van der Waals surface area contributed by atoms with Crippen LogP contribution in [0.4, 0.5) is 11.5 Å². The van der Waals surface area contributed by atoms with Crippen molar-refractivity contribution in [3.05, 3.63) is 58.9 Å². The molecule has 0 aliphatic heterocycles. The summed E-state index contributed by atoms with van der Waals surface area (Å²) in [6.07, 6.45) is 1.55. The van der Waals surface area contributed by atoms with E-state index in [0.717, 1.165) is 0 Å². The van der Waals surface area contributed by atoms with Crippen molar-refractivity contribution >= 4 is 34.7 Å². The number of aliphatic carboxylic acids is 1. The summed E-state index contributed by atoms with van der Waals surface area (Å²) >= 11 is 6.26. The molecule has 9 heteroatoms. The number of carbonyl (C=O) groups is 1. The summed E-state index contributed by atoms with van der Waals surface area (Å²) in [4.78, 5) is 15.7. The number of rotatable bonds is 5. The van der Waals surface area contributed by atoms with Gasteiger partial charge >= 0.3 is 5.97 Å². The molecule has 3 aromatic heterocycles. The third kappa shape index (κ3) is 2.88. The standard InChI is InChI=1S/C19H14ClN5O3/c1-10(19(26)27)14-6-7-15(28-14)16-18(23-13-5-3-2-4-12(13)20)25-17(24-16)11(8-21)9-22-25/h2-7,9-10,22-23H,1H3,(H,26,27). The van der Waals surface area contributed by atoms with Crippen LogP contribution < -0.4 is 5.32 Å². The molecule has 4 rings (SSSR count). The Balaban J connectivity index is 1.86. The first-order valence-corrected chi connectivity index (χ1v) is 8.71. The quantitative estimate of drug-likeness (QED) is 0.461. The number of fused-ring (bicyclic) bond motifs is 1. The summed E-state index contributed by atoms with van der Waals surface area (Å²) in [5.74, 6) is -0.592. The number of nitrogens with one attached hydrogen (secondary N) is 2. The number of imidazole rings is 1. The van der Waals surface area contributed by atoms with Gasteiger partial charge in [-0.2, -0.15) is 5.26 Å². The second-order valence-electron chi connectivity index (χ2n) is 6.13. The third-order valence-corrected chi connectivity index (χ3v) is 4.69. The molecule has 0 fully saturated rings. The van der Waals surface area contributed by atoms with Gasteiger partial charge in [-0.3, -0.25) is 9.89 Å². The van der Waals surface area contributed by atoms with Gasteiger partial charge in [0.05, 0.1) is 10.7 Å². The number of nitriles is 1. The molecule has 3 heterocycles. The molecule has 8 nitrogen and oxygen atoms in total. The fourth-order valence-corrected chi connectivity index (χ4v) is 3.00. The number of hydrogen-bond donors (Lipinski definition) is 3. The van der Waals surface area contributed by atoms with Crippen LogP contribution in [0.25, 0.3) is 17.1 Å². The molecule has 4 aromatic rings. The lowest BCUT2D eigenvalue weighted by atomic mass is 10.1. The molecular formula is C19H14ClN5O3. The van der Waals surface area contributed by atoms with E-state index >= 15 is 0 Å². The largest absolute Gasteiger partial charge is 0.481 e. The van der Waals surface area contributed by atoms with Crippen molar-refractivity contribution in [2.24, 2.45) is 0 Å². The maximum atomic E-state index is 11.2. The molecule has 0 radical (unpaired) electrons. The molecule has 1 atom stereocenters. The fraction of sp³-hybridized carbons (Fsp3) is 0.105. The van der Waals surface area contributed by atoms with Crippen LogP contribution in [0.1, 0.15) is 24.2 Å². The lowest BCUT2D eigenvalue weighted by Crippen LogP contribution is -2.05. The topological polar surface area (TPSA) is 119 Å². The number of aromatic nitrogens is 3. The Morgan fingerprint density at radius 2 is 2.18 bits per heavy atom. The van der Waals surface area contributed by atoms with Gasteiger partial charge in [-0.15, -0.1) is 0 Å². The highest BCUT2D eigenvalue weighted by atomic mass is 35.5. The minimum atomic E-state index is -0.987. The van der Waals surface area contributed by atoms with Crippen LogP contribution in [0, 0.1) is 11.3 Å². The van der Waals surface area contributed by atoms with Crippen LogP contribution in [0.3, 0.4) is 0 Å². The van der Waals surface area contributed by atoms with Crippen LogP contribution >= 0.6 is 11.6 Å². The number of benzene rings is 1.